The third kappa shape index (κ3) is 2.67. The lowest BCUT2D eigenvalue weighted by Gasteiger charge is -2.21. The van der Waals surface area contributed by atoms with Crippen molar-refractivity contribution in [2.75, 3.05) is 0 Å². The number of thiophene rings is 3. The fraction of sp³-hybridized carbons (Fsp3) is 0.192. The maximum atomic E-state index is 4.94. The molecule has 2 aromatic carbocycles. The predicted molar refractivity (Wildman–Crippen MR) is 137 cm³/mol. The van der Waals surface area contributed by atoms with Gasteiger partial charge in [0.2, 0.25) is 0 Å². The van der Waals surface area contributed by atoms with Crippen LogP contribution in [0.2, 0.25) is 0 Å². The Morgan fingerprint density at radius 2 is 1.60 bits per heavy atom. The van der Waals surface area contributed by atoms with Crippen molar-refractivity contribution in [1.29, 1.82) is 0 Å². The van der Waals surface area contributed by atoms with E-state index in [0.29, 0.717) is 0 Å². The van der Waals surface area contributed by atoms with Gasteiger partial charge in [-0.1, -0.05) is 26.8 Å². The zero-order valence-electron chi connectivity index (χ0n) is 17.4. The molecule has 6 aromatic rings. The number of hydrogen-bond donors (Lipinski definition) is 0. The maximum absolute atomic E-state index is 4.94. The highest BCUT2D eigenvalue weighted by Crippen LogP contribution is 2.45. The van der Waals surface area contributed by atoms with Crippen LogP contribution < -0.4 is 0 Å². The Morgan fingerprint density at radius 3 is 2.43 bits per heavy atom. The van der Waals surface area contributed by atoms with Crippen LogP contribution in [-0.2, 0) is 5.41 Å². The fourth-order valence-corrected chi connectivity index (χ4v) is 7.77. The van der Waals surface area contributed by atoms with Gasteiger partial charge < -0.3 is 0 Å². The third-order valence-electron chi connectivity index (χ3n) is 5.79. The summed E-state index contributed by atoms with van der Waals surface area (Å²) in [5, 5.41) is 7.53. The van der Waals surface area contributed by atoms with Crippen molar-refractivity contribution in [3.63, 3.8) is 0 Å². The van der Waals surface area contributed by atoms with Crippen LogP contribution >= 0.6 is 34.0 Å². The van der Waals surface area contributed by atoms with Gasteiger partial charge in [0.15, 0.2) is 0 Å². The molecule has 0 aliphatic heterocycles. The van der Waals surface area contributed by atoms with Crippen molar-refractivity contribution in [3.05, 3.63) is 64.5 Å². The van der Waals surface area contributed by atoms with Crippen LogP contribution in [0.15, 0.2) is 54.0 Å². The van der Waals surface area contributed by atoms with Gasteiger partial charge in [-0.3, -0.25) is 4.98 Å². The van der Waals surface area contributed by atoms with E-state index in [1.807, 2.05) is 40.2 Å². The standard InChI is InChI=1S/C26H21NS3/c1-14-11-15-5-6-19-22(25(15)29-14)21-20(30-19)7-9-27-23(21)17-12-16-8-10-28-24(16)18(13-17)26(2,3)4/h5-13H,1-4H3. The molecule has 0 saturated carbocycles. The van der Waals surface area contributed by atoms with E-state index < -0.39 is 0 Å². The molecule has 1 nitrogen and oxygen atoms in total. The second-order valence-electron chi connectivity index (χ2n) is 8.96. The Morgan fingerprint density at radius 1 is 0.800 bits per heavy atom. The number of fused-ring (bicyclic) bond motifs is 6. The van der Waals surface area contributed by atoms with E-state index in [4.69, 9.17) is 4.98 Å². The van der Waals surface area contributed by atoms with Crippen molar-refractivity contribution in [2.24, 2.45) is 0 Å². The first-order valence-electron chi connectivity index (χ1n) is 10.1. The summed E-state index contributed by atoms with van der Waals surface area (Å²) in [5.74, 6) is 0. The summed E-state index contributed by atoms with van der Waals surface area (Å²) in [6.07, 6.45) is 1.97. The van der Waals surface area contributed by atoms with Crippen molar-refractivity contribution in [1.82, 2.24) is 4.98 Å². The summed E-state index contributed by atoms with van der Waals surface area (Å²) in [6.45, 7) is 9.11. The van der Waals surface area contributed by atoms with Crippen LogP contribution in [0.5, 0.6) is 0 Å². The molecule has 0 amide bonds. The average molecular weight is 444 g/mol. The maximum Gasteiger partial charge on any atom is 0.0795 e. The van der Waals surface area contributed by atoms with Crippen LogP contribution in [0.25, 0.3) is 51.6 Å². The van der Waals surface area contributed by atoms with Crippen LogP contribution in [0.3, 0.4) is 0 Å². The highest BCUT2D eigenvalue weighted by molar-refractivity contribution is 7.27. The molecule has 0 atom stereocenters. The first kappa shape index (κ1) is 18.5. The van der Waals surface area contributed by atoms with E-state index in [1.165, 1.54) is 56.3 Å². The number of rotatable bonds is 1. The number of hydrogen-bond acceptors (Lipinski definition) is 4. The molecule has 0 fully saturated rings. The van der Waals surface area contributed by atoms with Gasteiger partial charge in [-0.05, 0) is 70.5 Å². The van der Waals surface area contributed by atoms with Gasteiger partial charge in [-0.25, -0.2) is 0 Å². The lowest BCUT2D eigenvalue weighted by Crippen LogP contribution is -2.11. The van der Waals surface area contributed by atoms with Crippen molar-refractivity contribution in [3.8, 4) is 11.3 Å². The highest BCUT2D eigenvalue weighted by Gasteiger charge is 2.21. The van der Waals surface area contributed by atoms with E-state index in [9.17, 15) is 0 Å². The van der Waals surface area contributed by atoms with E-state index >= 15 is 0 Å². The molecule has 0 saturated heterocycles. The minimum absolute atomic E-state index is 0.0852. The van der Waals surface area contributed by atoms with Crippen LogP contribution in [0.1, 0.15) is 31.2 Å². The molecule has 0 N–H and O–H groups in total. The summed E-state index contributed by atoms with van der Waals surface area (Å²) in [4.78, 5) is 6.30. The summed E-state index contributed by atoms with van der Waals surface area (Å²) < 4.78 is 5.44. The Balaban J connectivity index is 1.76. The molecule has 0 aliphatic rings. The minimum atomic E-state index is 0.0852. The number of nitrogens with zero attached hydrogens (tertiary/aromatic N) is 1. The van der Waals surface area contributed by atoms with Gasteiger partial charge in [0.05, 0.1) is 5.69 Å². The molecule has 0 radical (unpaired) electrons. The second kappa shape index (κ2) is 6.36. The van der Waals surface area contributed by atoms with Gasteiger partial charge in [-0.2, -0.15) is 0 Å². The number of aromatic nitrogens is 1. The minimum Gasteiger partial charge on any atom is -0.256 e. The van der Waals surface area contributed by atoms with Gasteiger partial charge >= 0.3 is 0 Å². The zero-order valence-corrected chi connectivity index (χ0v) is 19.8. The Kier molecular flexibility index (Phi) is 3.92. The molecule has 148 valence electrons. The molecule has 6 rings (SSSR count). The highest BCUT2D eigenvalue weighted by atomic mass is 32.1. The summed E-state index contributed by atoms with van der Waals surface area (Å²) in [5.41, 5.74) is 3.82. The van der Waals surface area contributed by atoms with Crippen LogP contribution in [0, 0.1) is 6.92 Å². The first-order chi connectivity index (χ1) is 14.4. The van der Waals surface area contributed by atoms with Crippen molar-refractivity contribution < 1.29 is 0 Å². The monoisotopic (exact) mass is 443 g/mol. The zero-order chi connectivity index (χ0) is 20.6. The molecular formula is C26H21NS3. The molecule has 0 unspecified atom stereocenters. The topological polar surface area (TPSA) is 12.9 Å². The lowest BCUT2D eigenvalue weighted by molar-refractivity contribution is 0.597. The van der Waals surface area contributed by atoms with Gasteiger partial charge in [-0.15, -0.1) is 34.0 Å². The molecule has 4 aromatic heterocycles. The number of benzene rings is 2. The molecular weight excluding hydrogens is 422 g/mol. The molecule has 0 bridgehead atoms. The fourth-order valence-electron chi connectivity index (χ4n) is 4.42. The molecule has 4 heterocycles. The lowest BCUT2D eigenvalue weighted by atomic mass is 9.85. The Hall–Kier alpha value is -2.27. The molecule has 4 heteroatoms. The summed E-state index contributed by atoms with van der Waals surface area (Å²) >= 11 is 5.62. The summed E-state index contributed by atoms with van der Waals surface area (Å²) in [7, 11) is 0. The second-order valence-corrected chi connectivity index (χ2v) is 12.2. The van der Waals surface area contributed by atoms with Gasteiger partial charge in [0.1, 0.15) is 0 Å². The number of pyridine rings is 1. The molecule has 30 heavy (non-hydrogen) atoms. The predicted octanol–water partition coefficient (Wildman–Crippen LogP) is 9.15. The molecule has 0 spiro atoms. The summed E-state index contributed by atoms with van der Waals surface area (Å²) in [6, 6.07) is 16.0. The van der Waals surface area contributed by atoms with Gasteiger partial charge in [0, 0.05) is 46.2 Å². The van der Waals surface area contributed by atoms with E-state index in [1.54, 1.807) is 0 Å². The smallest absolute Gasteiger partial charge is 0.0795 e. The van der Waals surface area contributed by atoms with Crippen LogP contribution in [0.4, 0.5) is 0 Å². The Bertz CT molecular complexity index is 1590. The van der Waals surface area contributed by atoms with Gasteiger partial charge in [0.25, 0.3) is 0 Å². The van der Waals surface area contributed by atoms with E-state index in [-0.39, 0.29) is 5.41 Å². The van der Waals surface area contributed by atoms with E-state index in [0.717, 1.165) is 5.69 Å². The van der Waals surface area contributed by atoms with Crippen molar-refractivity contribution in [2.45, 2.75) is 33.1 Å². The van der Waals surface area contributed by atoms with E-state index in [2.05, 4.69) is 75.5 Å². The average Bonchev–Trinajstić information content (AvgIpc) is 3.40. The number of aryl methyl sites for hydroxylation is 1. The van der Waals surface area contributed by atoms with Crippen molar-refractivity contribution >= 4 is 74.4 Å². The first-order valence-corrected chi connectivity index (χ1v) is 12.6. The largest absolute Gasteiger partial charge is 0.256 e. The molecule has 0 aliphatic carbocycles. The normalized spacial score (nSPS) is 12.7. The van der Waals surface area contributed by atoms with Crippen LogP contribution in [-0.4, -0.2) is 4.98 Å². The third-order valence-corrected chi connectivity index (χ3v) is 8.95. The Labute approximate surface area is 187 Å². The quantitative estimate of drug-likeness (QED) is 0.247. The SMILES string of the molecule is Cc1cc2ccc3sc4ccnc(-c5cc(C(C)(C)C)c6sccc6c5)c4c3c2s1.